The van der Waals surface area contributed by atoms with Gasteiger partial charge in [-0.05, 0) is 51.3 Å². The lowest BCUT2D eigenvalue weighted by Gasteiger charge is -2.57. The van der Waals surface area contributed by atoms with Crippen LogP contribution in [0, 0.1) is 5.92 Å². The van der Waals surface area contributed by atoms with Gasteiger partial charge in [0.15, 0.2) is 0 Å². The monoisotopic (exact) mass is 290 g/mol. The van der Waals surface area contributed by atoms with Crippen molar-refractivity contribution >= 4 is 0 Å². The molecule has 0 N–H and O–H groups in total. The molecular formula is C18H26O3. The fourth-order valence-corrected chi connectivity index (χ4v) is 4.02. The zero-order valence-corrected chi connectivity index (χ0v) is 13.5. The molecule has 3 nitrogen and oxygen atoms in total. The minimum atomic E-state index is -0.0736. The Hall–Kier alpha value is -1.06. The van der Waals surface area contributed by atoms with Gasteiger partial charge in [0.1, 0.15) is 5.75 Å². The molecule has 0 unspecified atom stereocenters. The van der Waals surface area contributed by atoms with E-state index >= 15 is 0 Å². The van der Waals surface area contributed by atoms with Gasteiger partial charge in [0.25, 0.3) is 0 Å². The zero-order chi connectivity index (χ0) is 15.1. The summed E-state index contributed by atoms with van der Waals surface area (Å²) in [6.07, 6.45) is 3.67. The smallest absolute Gasteiger partial charge is 0.118 e. The van der Waals surface area contributed by atoms with Gasteiger partial charge in [-0.2, -0.15) is 0 Å². The average Bonchev–Trinajstić information content (AvgIpc) is 2.43. The van der Waals surface area contributed by atoms with Crippen molar-refractivity contribution in [2.24, 2.45) is 5.92 Å². The molecule has 116 valence electrons. The molecule has 2 saturated heterocycles. The first kappa shape index (κ1) is 14.9. The maximum absolute atomic E-state index is 6.28. The molecule has 3 aliphatic rings. The average molecular weight is 290 g/mol. The Kier molecular flexibility index (Phi) is 3.74. The molecule has 4 rings (SSSR count). The standard InChI is InChI=1S/C18H26O3/c1-17(2)15-9-10-18(3,21-17)11-16(15)20-12-13-5-7-14(19-4)8-6-13/h5-8,15-16H,9-12H2,1-4H3/t15-,16+,18+/m0/s1. The Morgan fingerprint density at radius 1 is 1.19 bits per heavy atom. The summed E-state index contributed by atoms with van der Waals surface area (Å²) < 4.78 is 17.7. The molecule has 2 bridgehead atoms. The van der Waals surface area contributed by atoms with E-state index in [2.05, 4.69) is 32.9 Å². The molecule has 1 saturated carbocycles. The van der Waals surface area contributed by atoms with Gasteiger partial charge in [0.05, 0.1) is 31.0 Å². The van der Waals surface area contributed by atoms with Crippen molar-refractivity contribution in [3.63, 3.8) is 0 Å². The molecule has 0 radical (unpaired) electrons. The molecule has 21 heavy (non-hydrogen) atoms. The number of fused-ring (bicyclic) bond motifs is 3. The third-order valence-electron chi connectivity index (χ3n) is 5.09. The first-order valence-electron chi connectivity index (χ1n) is 7.87. The molecular weight excluding hydrogens is 264 g/mol. The highest BCUT2D eigenvalue weighted by Crippen LogP contribution is 2.50. The summed E-state index contributed by atoms with van der Waals surface area (Å²) in [6.45, 7) is 7.31. The first-order chi connectivity index (χ1) is 9.92. The predicted octanol–water partition coefficient (Wildman–Crippen LogP) is 3.95. The van der Waals surface area contributed by atoms with E-state index in [1.807, 2.05) is 12.1 Å². The lowest BCUT2D eigenvalue weighted by molar-refractivity contribution is -0.273. The van der Waals surface area contributed by atoms with Gasteiger partial charge in [-0.15, -0.1) is 0 Å². The summed E-state index contributed by atoms with van der Waals surface area (Å²) >= 11 is 0. The molecule has 1 aliphatic carbocycles. The topological polar surface area (TPSA) is 27.7 Å². The number of ether oxygens (including phenoxy) is 3. The quantitative estimate of drug-likeness (QED) is 0.840. The van der Waals surface area contributed by atoms with Crippen molar-refractivity contribution in [1.82, 2.24) is 0 Å². The molecule has 2 aliphatic heterocycles. The third kappa shape index (κ3) is 2.95. The molecule has 0 aromatic heterocycles. The third-order valence-corrected chi connectivity index (χ3v) is 5.09. The highest BCUT2D eigenvalue weighted by Gasteiger charge is 2.53. The lowest BCUT2D eigenvalue weighted by Crippen LogP contribution is -2.60. The van der Waals surface area contributed by atoms with Crippen molar-refractivity contribution in [2.75, 3.05) is 7.11 Å². The zero-order valence-electron chi connectivity index (χ0n) is 13.5. The van der Waals surface area contributed by atoms with Crippen molar-refractivity contribution in [1.29, 1.82) is 0 Å². The highest BCUT2D eigenvalue weighted by molar-refractivity contribution is 5.26. The van der Waals surface area contributed by atoms with Crippen molar-refractivity contribution < 1.29 is 14.2 Å². The van der Waals surface area contributed by atoms with Crippen LogP contribution in [-0.4, -0.2) is 24.4 Å². The second-order valence-corrected chi connectivity index (χ2v) is 7.20. The molecule has 1 aromatic carbocycles. The van der Waals surface area contributed by atoms with E-state index in [4.69, 9.17) is 14.2 Å². The van der Waals surface area contributed by atoms with Gasteiger partial charge in [-0.1, -0.05) is 12.1 Å². The van der Waals surface area contributed by atoms with Crippen LogP contribution in [0.4, 0.5) is 0 Å². The summed E-state index contributed by atoms with van der Waals surface area (Å²) in [4.78, 5) is 0. The van der Waals surface area contributed by atoms with Crippen molar-refractivity contribution in [2.45, 2.75) is 63.9 Å². The molecule has 3 heteroatoms. The second-order valence-electron chi connectivity index (χ2n) is 7.20. The van der Waals surface area contributed by atoms with E-state index in [-0.39, 0.29) is 11.2 Å². The normalized spacial score (nSPS) is 33.9. The summed E-state index contributed by atoms with van der Waals surface area (Å²) in [5.41, 5.74) is 1.11. The van der Waals surface area contributed by atoms with Crippen LogP contribution < -0.4 is 4.74 Å². The molecule has 3 fully saturated rings. The number of methoxy groups -OCH3 is 1. The number of benzene rings is 1. The van der Waals surface area contributed by atoms with Gasteiger partial charge in [0.2, 0.25) is 0 Å². The van der Waals surface area contributed by atoms with E-state index in [0.29, 0.717) is 18.6 Å². The van der Waals surface area contributed by atoms with Gasteiger partial charge < -0.3 is 14.2 Å². The summed E-state index contributed by atoms with van der Waals surface area (Å²) in [6, 6.07) is 8.12. The van der Waals surface area contributed by atoms with Crippen LogP contribution in [0.5, 0.6) is 5.75 Å². The lowest BCUT2D eigenvalue weighted by atomic mass is 9.67. The largest absolute Gasteiger partial charge is 0.497 e. The molecule has 2 heterocycles. The van der Waals surface area contributed by atoms with Crippen LogP contribution >= 0.6 is 0 Å². The Morgan fingerprint density at radius 2 is 1.90 bits per heavy atom. The summed E-state index contributed by atoms with van der Waals surface area (Å²) in [5, 5.41) is 0. The summed E-state index contributed by atoms with van der Waals surface area (Å²) in [7, 11) is 1.69. The van der Waals surface area contributed by atoms with Crippen LogP contribution in [0.25, 0.3) is 0 Å². The number of hydrogen-bond donors (Lipinski definition) is 0. The van der Waals surface area contributed by atoms with E-state index in [1.165, 1.54) is 12.0 Å². The van der Waals surface area contributed by atoms with Crippen LogP contribution in [0.1, 0.15) is 45.6 Å². The molecule has 1 aromatic rings. The van der Waals surface area contributed by atoms with E-state index < -0.39 is 0 Å². The first-order valence-corrected chi connectivity index (χ1v) is 7.87. The van der Waals surface area contributed by atoms with E-state index in [0.717, 1.165) is 18.6 Å². The molecule has 3 atom stereocenters. The highest BCUT2D eigenvalue weighted by atomic mass is 16.5. The minimum Gasteiger partial charge on any atom is -0.497 e. The van der Waals surface area contributed by atoms with Crippen LogP contribution in [-0.2, 0) is 16.1 Å². The Balaban J connectivity index is 1.65. The van der Waals surface area contributed by atoms with Crippen molar-refractivity contribution in [3.8, 4) is 5.75 Å². The van der Waals surface area contributed by atoms with Crippen LogP contribution in [0.2, 0.25) is 0 Å². The van der Waals surface area contributed by atoms with Crippen LogP contribution in [0.15, 0.2) is 24.3 Å². The SMILES string of the molecule is COc1ccc(CO[C@@H]2C[C@@]3(C)CC[C@@H]2C(C)(C)O3)cc1. The Labute approximate surface area is 127 Å². The Morgan fingerprint density at radius 3 is 2.48 bits per heavy atom. The predicted molar refractivity (Wildman–Crippen MR) is 82.5 cm³/mol. The maximum atomic E-state index is 6.28. The number of rotatable bonds is 4. The van der Waals surface area contributed by atoms with Gasteiger partial charge in [0, 0.05) is 12.3 Å². The van der Waals surface area contributed by atoms with Gasteiger partial charge >= 0.3 is 0 Å². The minimum absolute atomic E-state index is 0.0111. The van der Waals surface area contributed by atoms with E-state index in [9.17, 15) is 0 Å². The van der Waals surface area contributed by atoms with Gasteiger partial charge in [-0.3, -0.25) is 0 Å². The fourth-order valence-electron chi connectivity index (χ4n) is 4.02. The maximum Gasteiger partial charge on any atom is 0.118 e. The van der Waals surface area contributed by atoms with Crippen molar-refractivity contribution in [3.05, 3.63) is 29.8 Å². The Bertz CT molecular complexity index is 491. The fraction of sp³-hybridized carbons (Fsp3) is 0.667. The number of hydrogen-bond acceptors (Lipinski definition) is 3. The van der Waals surface area contributed by atoms with Crippen LogP contribution in [0.3, 0.4) is 0 Å². The molecule has 0 spiro atoms. The molecule has 0 amide bonds. The second kappa shape index (κ2) is 5.29. The summed E-state index contributed by atoms with van der Waals surface area (Å²) in [5.74, 6) is 1.38. The van der Waals surface area contributed by atoms with Gasteiger partial charge in [-0.25, -0.2) is 0 Å². The van der Waals surface area contributed by atoms with E-state index in [1.54, 1.807) is 7.11 Å².